The topological polar surface area (TPSA) is 40.6 Å². The minimum absolute atomic E-state index is 0.327. The summed E-state index contributed by atoms with van der Waals surface area (Å²) in [4.78, 5) is 2.17. The van der Waals surface area contributed by atoms with E-state index < -0.39 is 10.0 Å². The van der Waals surface area contributed by atoms with Crippen LogP contribution in [0.3, 0.4) is 0 Å². The minimum Gasteiger partial charge on any atom is -0.301 e. The minimum atomic E-state index is -2.98. The van der Waals surface area contributed by atoms with E-state index in [0.29, 0.717) is 19.1 Å². The number of piperazine rings is 1. The lowest BCUT2D eigenvalue weighted by molar-refractivity contribution is 0.160. The second-order valence-electron chi connectivity index (χ2n) is 3.45. The van der Waals surface area contributed by atoms with Gasteiger partial charge >= 0.3 is 0 Å². The first-order valence-corrected chi connectivity index (χ1v) is 7.91. The molecule has 0 N–H and O–H groups in total. The summed E-state index contributed by atoms with van der Waals surface area (Å²) in [5.74, 6) is 0. The van der Waals surface area contributed by atoms with E-state index >= 15 is 0 Å². The second kappa shape index (κ2) is 8.96. The fraction of sp³-hybridized carbons (Fsp3) is 1.00. The van der Waals surface area contributed by atoms with Crippen molar-refractivity contribution in [3.05, 3.63) is 0 Å². The predicted octanol–water partition coefficient (Wildman–Crippen LogP) is 1.63. The summed E-state index contributed by atoms with van der Waals surface area (Å²) in [6, 6.07) is 0.327. The van der Waals surface area contributed by atoms with Crippen LogP contribution in [-0.4, -0.2) is 56.6 Å². The maximum Gasteiger partial charge on any atom is 0.211 e. The van der Waals surface area contributed by atoms with Crippen molar-refractivity contribution in [1.29, 1.82) is 0 Å². The number of sulfonamides is 1. The Morgan fingerprint density at radius 1 is 1.06 bits per heavy atom. The van der Waals surface area contributed by atoms with Crippen LogP contribution >= 0.6 is 0 Å². The van der Waals surface area contributed by atoms with E-state index in [-0.39, 0.29) is 0 Å². The van der Waals surface area contributed by atoms with Crippen LogP contribution in [0.5, 0.6) is 0 Å². The van der Waals surface area contributed by atoms with Crippen molar-refractivity contribution < 1.29 is 8.42 Å². The molecule has 1 heterocycles. The number of nitrogens with zero attached hydrogens (tertiary/aromatic N) is 2. The zero-order valence-corrected chi connectivity index (χ0v) is 12.6. The van der Waals surface area contributed by atoms with Gasteiger partial charge in [-0.3, -0.25) is 0 Å². The molecule has 1 aliphatic heterocycles. The van der Waals surface area contributed by atoms with Crippen LogP contribution in [0, 0.1) is 0 Å². The van der Waals surface area contributed by atoms with Crippen LogP contribution in [0.1, 0.15) is 34.6 Å². The van der Waals surface area contributed by atoms with Crippen LogP contribution in [0.2, 0.25) is 0 Å². The third-order valence-electron chi connectivity index (χ3n) is 2.39. The van der Waals surface area contributed by atoms with E-state index in [0.717, 1.165) is 6.54 Å². The SMILES string of the molecule is CC.CC.CC1CN(S(C)(=O)=O)CCN1C. The molecule has 0 saturated carbocycles. The molecule has 0 radical (unpaired) electrons. The fourth-order valence-corrected chi connectivity index (χ4v) is 2.22. The van der Waals surface area contributed by atoms with Crippen LogP contribution in [0.15, 0.2) is 0 Å². The first-order valence-electron chi connectivity index (χ1n) is 6.06. The van der Waals surface area contributed by atoms with Crippen LogP contribution in [0.25, 0.3) is 0 Å². The Balaban J connectivity index is 0. The van der Waals surface area contributed by atoms with Crippen LogP contribution in [-0.2, 0) is 10.0 Å². The molecule has 0 spiro atoms. The van der Waals surface area contributed by atoms with Gasteiger partial charge in [-0.05, 0) is 14.0 Å². The highest BCUT2D eigenvalue weighted by Gasteiger charge is 2.25. The Hall–Kier alpha value is -0.130. The van der Waals surface area contributed by atoms with Crippen LogP contribution < -0.4 is 0 Å². The summed E-state index contributed by atoms with van der Waals surface area (Å²) in [6.45, 7) is 12.1. The summed E-state index contributed by atoms with van der Waals surface area (Å²) in [6.07, 6.45) is 1.27. The van der Waals surface area contributed by atoms with E-state index in [2.05, 4.69) is 4.90 Å². The molecule has 4 nitrogen and oxygen atoms in total. The standard InChI is InChI=1S/C7H16N2O2S.2C2H6/c1-7-6-9(12(3,10)11)5-4-8(7)2;2*1-2/h7H,4-6H2,1-3H3;2*1-2H3. The highest BCUT2D eigenvalue weighted by Crippen LogP contribution is 2.09. The van der Waals surface area contributed by atoms with Gasteiger partial charge in [0.1, 0.15) is 0 Å². The Labute approximate surface area is 102 Å². The van der Waals surface area contributed by atoms with Gasteiger partial charge in [0.05, 0.1) is 6.26 Å². The molecule has 0 aromatic carbocycles. The maximum atomic E-state index is 11.1. The van der Waals surface area contributed by atoms with Crippen LogP contribution in [0.4, 0.5) is 0 Å². The van der Waals surface area contributed by atoms with E-state index in [1.54, 1.807) is 0 Å². The van der Waals surface area contributed by atoms with Crippen molar-refractivity contribution in [2.45, 2.75) is 40.7 Å². The predicted molar refractivity (Wildman–Crippen MR) is 71.2 cm³/mol. The van der Waals surface area contributed by atoms with Gasteiger partial charge in [0, 0.05) is 25.7 Å². The third kappa shape index (κ3) is 6.45. The largest absolute Gasteiger partial charge is 0.301 e. The lowest BCUT2D eigenvalue weighted by Gasteiger charge is -2.36. The summed E-state index contributed by atoms with van der Waals surface area (Å²) in [7, 11) is -0.957. The smallest absolute Gasteiger partial charge is 0.211 e. The number of hydrogen-bond acceptors (Lipinski definition) is 3. The molecule has 1 aliphatic rings. The molecule has 0 aromatic heterocycles. The first-order chi connectivity index (χ1) is 7.41. The first kappa shape index (κ1) is 18.2. The average Bonchev–Trinajstić information content (AvgIpc) is 2.26. The average molecular weight is 252 g/mol. The van der Waals surface area contributed by atoms with Gasteiger partial charge in [-0.1, -0.05) is 27.7 Å². The van der Waals surface area contributed by atoms with E-state index in [1.165, 1.54) is 10.6 Å². The molecule has 0 aliphatic carbocycles. The van der Waals surface area contributed by atoms with Gasteiger partial charge in [-0.15, -0.1) is 0 Å². The molecule has 1 unspecified atom stereocenters. The van der Waals surface area contributed by atoms with Crippen molar-refractivity contribution in [2.75, 3.05) is 32.9 Å². The molecule has 1 fully saturated rings. The van der Waals surface area contributed by atoms with Crippen molar-refractivity contribution in [3.8, 4) is 0 Å². The van der Waals surface area contributed by atoms with Crippen molar-refractivity contribution in [3.63, 3.8) is 0 Å². The van der Waals surface area contributed by atoms with Gasteiger partial charge in [0.15, 0.2) is 0 Å². The Bertz CT molecular complexity index is 253. The van der Waals surface area contributed by atoms with Crippen molar-refractivity contribution >= 4 is 10.0 Å². The van der Waals surface area contributed by atoms with Gasteiger partial charge in [-0.2, -0.15) is 4.31 Å². The molecule has 0 amide bonds. The molecule has 1 saturated heterocycles. The third-order valence-corrected chi connectivity index (χ3v) is 3.66. The highest BCUT2D eigenvalue weighted by atomic mass is 32.2. The number of rotatable bonds is 1. The Morgan fingerprint density at radius 2 is 1.50 bits per heavy atom. The molecule has 1 rings (SSSR count). The number of hydrogen-bond donors (Lipinski definition) is 0. The zero-order chi connectivity index (χ0) is 13.4. The fourth-order valence-electron chi connectivity index (χ4n) is 1.32. The Morgan fingerprint density at radius 3 is 1.81 bits per heavy atom. The molecule has 0 bridgehead atoms. The van der Waals surface area contributed by atoms with Crippen molar-refractivity contribution in [2.24, 2.45) is 0 Å². The monoisotopic (exact) mass is 252 g/mol. The highest BCUT2D eigenvalue weighted by molar-refractivity contribution is 7.88. The van der Waals surface area contributed by atoms with E-state index in [4.69, 9.17) is 0 Å². The summed E-state index contributed by atoms with van der Waals surface area (Å²) < 4.78 is 23.8. The molecular formula is C11H28N2O2S. The van der Waals surface area contributed by atoms with Gasteiger partial charge in [0.25, 0.3) is 0 Å². The molecule has 16 heavy (non-hydrogen) atoms. The summed E-state index contributed by atoms with van der Waals surface area (Å²) in [5.41, 5.74) is 0. The second-order valence-corrected chi connectivity index (χ2v) is 5.43. The lowest BCUT2D eigenvalue weighted by atomic mass is 10.2. The maximum absolute atomic E-state index is 11.1. The summed E-state index contributed by atoms with van der Waals surface area (Å²) >= 11 is 0. The van der Waals surface area contributed by atoms with Gasteiger partial charge in [-0.25, -0.2) is 8.42 Å². The molecule has 1 atom stereocenters. The number of likely N-dealkylation sites (N-methyl/N-ethyl adjacent to an activating group) is 1. The van der Waals surface area contributed by atoms with E-state index in [9.17, 15) is 8.42 Å². The quantitative estimate of drug-likeness (QED) is 0.712. The molecular weight excluding hydrogens is 224 g/mol. The van der Waals surface area contributed by atoms with Gasteiger partial charge in [0.2, 0.25) is 10.0 Å². The lowest BCUT2D eigenvalue weighted by Crippen LogP contribution is -2.51. The molecule has 100 valence electrons. The van der Waals surface area contributed by atoms with Crippen molar-refractivity contribution in [1.82, 2.24) is 9.21 Å². The van der Waals surface area contributed by atoms with Gasteiger partial charge < -0.3 is 4.90 Å². The summed E-state index contributed by atoms with van der Waals surface area (Å²) in [5, 5.41) is 0. The zero-order valence-electron chi connectivity index (χ0n) is 11.8. The molecule has 0 aromatic rings. The molecule has 5 heteroatoms. The van der Waals surface area contributed by atoms with E-state index in [1.807, 2.05) is 41.7 Å². The Kier molecular flexibility index (Phi) is 10.2. The normalized spacial score (nSPS) is 22.6.